The van der Waals surface area contributed by atoms with Gasteiger partial charge in [-0.25, -0.2) is 14.8 Å². The summed E-state index contributed by atoms with van der Waals surface area (Å²) in [6.45, 7) is 6.35. The van der Waals surface area contributed by atoms with Crippen molar-refractivity contribution in [2.45, 2.75) is 77.2 Å². The van der Waals surface area contributed by atoms with E-state index in [1.54, 1.807) is 43.1 Å². The molecule has 2 unspecified atom stereocenters. The highest BCUT2D eigenvalue weighted by molar-refractivity contribution is 5.99. The lowest BCUT2D eigenvalue weighted by molar-refractivity contribution is -0.132. The fourth-order valence-electron chi connectivity index (χ4n) is 6.05. The van der Waals surface area contributed by atoms with Crippen LogP contribution in [0.25, 0.3) is 10.9 Å². The van der Waals surface area contributed by atoms with E-state index in [0.717, 1.165) is 29.4 Å². The summed E-state index contributed by atoms with van der Waals surface area (Å²) in [4.78, 5) is 70.3. The summed E-state index contributed by atoms with van der Waals surface area (Å²) in [5, 5.41) is 10.9. The normalized spacial score (nSPS) is 13.3. The zero-order chi connectivity index (χ0) is 40.5. The number of rotatable bonds is 21. The van der Waals surface area contributed by atoms with E-state index in [0.29, 0.717) is 18.5 Å². The minimum Gasteiger partial charge on any atom is -0.453 e. The quantitative estimate of drug-likeness (QED) is 0.0615. The van der Waals surface area contributed by atoms with Gasteiger partial charge in [0, 0.05) is 25.1 Å². The monoisotopic (exact) mass is 767 g/mol. The topological polar surface area (TPSA) is 194 Å². The van der Waals surface area contributed by atoms with Gasteiger partial charge in [0.15, 0.2) is 0 Å². The highest BCUT2D eigenvalue weighted by Crippen LogP contribution is 2.16. The Morgan fingerprint density at radius 1 is 0.804 bits per heavy atom. The molecule has 4 aromatic rings. The molecule has 0 aliphatic carbocycles. The number of alkyl carbamates (subject to hydrolysis) is 1. The molecule has 0 spiro atoms. The van der Waals surface area contributed by atoms with Gasteiger partial charge in [-0.3, -0.25) is 24.6 Å². The van der Waals surface area contributed by atoms with E-state index >= 15 is 0 Å². The van der Waals surface area contributed by atoms with E-state index in [1.165, 1.54) is 7.11 Å². The molecule has 3 aromatic carbocycles. The highest BCUT2D eigenvalue weighted by Gasteiger charge is 2.33. The maximum Gasteiger partial charge on any atom is 0.407 e. The molecule has 5 amide bonds. The van der Waals surface area contributed by atoms with E-state index in [-0.39, 0.29) is 24.7 Å². The molecule has 1 aromatic heterocycles. The van der Waals surface area contributed by atoms with Crippen LogP contribution >= 0.6 is 0 Å². The number of carbonyl (C=O) groups excluding carboxylic acids is 5. The number of hydrogen-bond acceptors (Lipinski definition) is 9. The van der Waals surface area contributed by atoms with Crippen molar-refractivity contribution < 1.29 is 33.4 Å². The van der Waals surface area contributed by atoms with Gasteiger partial charge >= 0.3 is 6.09 Å². The molecular formula is C42H53N7O7. The lowest BCUT2D eigenvalue weighted by atomic mass is 9.99. The van der Waals surface area contributed by atoms with Crippen molar-refractivity contribution >= 4 is 40.6 Å². The van der Waals surface area contributed by atoms with E-state index in [1.807, 2.05) is 79.7 Å². The zero-order valence-electron chi connectivity index (χ0n) is 32.4. The number of ether oxygens (including phenoxy) is 2. The summed E-state index contributed by atoms with van der Waals surface area (Å²) >= 11 is 0. The zero-order valence-corrected chi connectivity index (χ0v) is 32.4. The Morgan fingerprint density at radius 2 is 1.46 bits per heavy atom. The fraction of sp³-hybridized carbons (Fsp3) is 0.381. The smallest absolute Gasteiger partial charge is 0.407 e. The van der Waals surface area contributed by atoms with Gasteiger partial charge in [-0.05, 0) is 42.0 Å². The molecule has 4 rings (SSSR count). The van der Waals surface area contributed by atoms with Crippen molar-refractivity contribution in [3.8, 4) is 0 Å². The standard InChI is InChI=1S/C42H53N7O7/c1-5-6-23-56-36(27-49(26-30-17-11-8-12-18-30)48-41(53)38(28(2)3)47-42(54)55-4)34(24-29-15-9-7-10-16-29)45-40(52)35(25-37(43)50)46-39(51)33-22-21-31-19-13-14-20-32(31)44-33/h7-22,28,34-36,38H,5-6,23-27H2,1-4H3,(H2,43,50)(H,45,52)(H,46,51)(H,47,54)(H,48,53)/t34?,35-,36?,38-/m0/s1. The number of methoxy groups -OCH3 is 1. The number of amides is 5. The molecule has 0 bridgehead atoms. The van der Waals surface area contributed by atoms with Gasteiger partial charge in [0.1, 0.15) is 17.8 Å². The van der Waals surface area contributed by atoms with Crippen LogP contribution in [0.15, 0.2) is 97.1 Å². The number of hydrogen-bond donors (Lipinski definition) is 5. The first kappa shape index (κ1) is 42.9. The number of benzene rings is 3. The Hall–Kier alpha value is -5.86. The van der Waals surface area contributed by atoms with Gasteiger partial charge < -0.3 is 31.2 Å². The number of nitrogens with one attached hydrogen (secondary N) is 4. The van der Waals surface area contributed by atoms with Crippen molar-refractivity contribution in [3.05, 3.63) is 114 Å². The molecule has 0 saturated heterocycles. The summed E-state index contributed by atoms with van der Waals surface area (Å²) in [5.74, 6) is -2.84. The van der Waals surface area contributed by atoms with Crippen LogP contribution in [-0.2, 0) is 36.8 Å². The van der Waals surface area contributed by atoms with Crippen LogP contribution in [0, 0.1) is 5.92 Å². The van der Waals surface area contributed by atoms with Crippen molar-refractivity contribution in [1.82, 2.24) is 31.4 Å². The molecule has 0 aliphatic heterocycles. The van der Waals surface area contributed by atoms with Gasteiger partial charge in [-0.15, -0.1) is 0 Å². The molecule has 0 aliphatic rings. The molecule has 298 valence electrons. The number of carbonyl (C=O) groups is 5. The van der Waals surface area contributed by atoms with Gasteiger partial charge in [0.25, 0.3) is 11.8 Å². The van der Waals surface area contributed by atoms with Crippen molar-refractivity contribution in [1.29, 1.82) is 0 Å². The number of pyridine rings is 1. The third-order valence-electron chi connectivity index (χ3n) is 9.06. The number of para-hydroxylation sites is 1. The average molecular weight is 768 g/mol. The number of unbranched alkanes of at least 4 members (excludes halogenated alkanes) is 1. The van der Waals surface area contributed by atoms with Crippen LogP contribution < -0.4 is 27.1 Å². The first-order valence-electron chi connectivity index (χ1n) is 18.8. The molecule has 56 heavy (non-hydrogen) atoms. The second-order valence-electron chi connectivity index (χ2n) is 13.9. The average Bonchev–Trinajstić information content (AvgIpc) is 3.19. The van der Waals surface area contributed by atoms with E-state index in [4.69, 9.17) is 15.2 Å². The number of aromatic nitrogens is 1. The Kier molecular flexibility index (Phi) is 16.8. The lowest BCUT2D eigenvalue weighted by Gasteiger charge is -2.35. The summed E-state index contributed by atoms with van der Waals surface area (Å²) in [6.07, 6.45) is -0.0620. The largest absolute Gasteiger partial charge is 0.453 e. The second kappa shape index (κ2) is 21.9. The molecule has 0 radical (unpaired) electrons. The van der Waals surface area contributed by atoms with Crippen LogP contribution in [0.5, 0.6) is 0 Å². The Bertz CT molecular complexity index is 1890. The van der Waals surface area contributed by atoms with Crippen molar-refractivity contribution in [2.75, 3.05) is 20.3 Å². The highest BCUT2D eigenvalue weighted by atomic mass is 16.5. The molecular weight excluding hydrogens is 715 g/mol. The number of nitrogens with two attached hydrogens (primary N) is 1. The summed E-state index contributed by atoms with van der Waals surface area (Å²) in [7, 11) is 1.23. The Balaban J connectivity index is 1.67. The van der Waals surface area contributed by atoms with Gasteiger partial charge in [-0.1, -0.05) is 112 Å². The number of fused-ring (bicyclic) bond motifs is 1. The lowest BCUT2D eigenvalue weighted by Crippen LogP contribution is -2.59. The number of primary amides is 1. The van der Waals surface area contributed by atoms with Crippen LogP contribution in [0.3, 0.4) is 0 Å². The molecule has 6 N–H and O–H groups in total. The van der Waals surface area contributed by atoms with Crippen molar-refractivity contribution in [2.24, 2.45) is 11.7 Å². The van der Waals surface area contributed by atoms with Crippen molar-refractivity contribution in [3.63, 3.8) is 0 Å². The molecule has 4 atom stereocenters. The Labute approximate surface area is 327 Å². The fourth-order valence-corrected chi connectivity index (χ4v) is 6.05. The minimum absolute atomic E-state index is 0.0706. The van der Waals surface area contributed by atoms with E-state index in [2.05, 4.69) is 26.4 Å². The summed E-state index contributed by atoms with van der Waals surface area (Å²) in [6, 6.07) is 26.6. The van der Waals surface area contributed by atoms with Gasteiger partial charge in [0.2, 0.25) is 11.8 Å². The van der Waals surface area contributed by atoms with Crippen LogP contribution in [0.1, 0.15) is 61.6 Å². The molecule has 0 saturated carbocycles. The first-order chi connectivity index (χ1) is 27.0. The van der Waals surface area contributed by atoms with E-state index in [9.17, 15) is 24.0 Å². The van der Waals surface area contributed by atoms with Gasteiger partial charge in [-0.2, -0.15) is 0 Å². The number of hydrazine groups is 1. The van der Waals surface area contributed by atoms with Crippen LogP contribution in [0.2, 0.25) is 0 Å². The molecule has 14 nitrogen and oxygen atoms in total. The predicted molar refractivity (Wildman–Crippen MR) is 213 cm³/mol. The maximum absolute atomic E-state index is 14.2. The van der Waals surface area contributed by atoms with E-state index < -0.39 is 60.4 Å². The van der Waals surface area contributed by atoms with Gasteiger partial charge in [0.05, 0.1) is 31.2 Å². The maximum atomic E-state index is 14.2. The predicted octanol–water partition coefficient (Wildman–Crippen LogP) is 4.04. The third-order valence-corrected chi connectivity index (χ3v) is 9.06. The number of nitrogens with zero attached hydrogens (tertiary/aromatic N) is 2. The first-order valence-corrected chi connectivity index (χ1v) is 18.8. The minimum atomic E-state index is -1.33. The SMILES string of the molecule is CCCCOC(CN(Cc1ccccc1)NC(=O)[C@@H](NC(=O)OC)C(C)C)C(Cc1ccccc1)NC(=O)[C@H](CC(N)=O)NC(=O)c1ccc2ccccc2n1. The third kappa shape index (κ3) is 13.5. The second-order valence-corrected chi connectivity index (χ2v) is 13.9. The molecule has 1 heterocycles. The summed E-state index contributed by atoms with van der Waals surface area (Å²) < 4.78 is 11.3. The van der Waals surface area contributed by atoms with Crippen LogP contribution in [-0.4, -0.2) is 84.2 Å². The molecule has 14 heteroatoms. The Morgan fingerprint density at radius 3 is 2.11 bits per heavy atom. The van der Waals surface area contributed by atoms with Crippen LogP contribution in [0.4, 0.5) is 4.79 Å². The summed E-state index contributed by atoms with van der Waals surface area (Å²) in [5.41, 5.74) is 11.0. The molecule has 0 fully saturated rings.